The SMILES string of the molecule is O=C(C1CCOC1)N1CCOC2(C[C@H]3CC[C@@H](C2)N3)C1. The van der Waals surface area contributed by atoms with Crippen LogP contribution < -0.4 is 5.32 Å². The number of amides is 1. The maximum absolute atomic E-state index is 12.6. The molecule has 4 heterocycles. The highest BCUT2D eigenvalue weighted by Crippen LogP contribution is 2.38. The van der Waals surface area contributed by atoms with Crippen LogP contribution in [0, 0.1) is 5.92 Å². The summed E-state index contributed by atoms with van der Waals surface area (Å²) in [5, 5.41) is 3.66. The van der Waals surface area contributed by atoms with Gasteiger partial charge in [0.05, 0.1) is 24.7 Å². The molecule has 0 aromatic heterocycles. The monoisotopic (exact) mass is 280 g/mol. The number of piperidine rings is 1. The number of fused-ring (bicyclic) bond motifs is 2. The Balaban J connectivity index is 1.46. The van der Waals surface area contributed by atoms with E-state index >= 15 is 0 Å². The Labute approximate surface area is 120 Å². The largest absolute Gasteiger partial charge is 0.381 e. The number of nitrogens with zero attached hydrogens (tertiary/aromatic N) is 1. The normalized spacial score (nSPS) is 44.2. The Morgan fingerprint density at radius 1 is 1.15 bits per heavy atom. The molecule has 0 aromatic rings. The number of hydrogen-bond donors (Lipinski definition) is 1. The molecule has 0 saturated carbocycles. The predicted molar refractivity (Wildman–Crippen MR) is 73.4 cm³/mol. The van der Waals surface area contributed by atoms with Crippen LogP contribution >= 0.6 is 0 Å². The number of ether oxygens (including phenoxy) is 2. The third kappa shape index (κ3) is 2.26. The van der Waals surface area contributed by atoms with Gasteiger partial charge in [0.25, 0.3) is 0 Å². The summed E-state index contributed by atoms with van der Waals surface area (Å²) < 4.78 is 11.5. The van der Waals surface area contributed by atoms with Gasteiger partial charge in [0, 0.05) is 31.8 Å². The zero-order valence-corrected chi connectivity index (χ0v) is 12.0. The van der Waals surface area contributed by atoms with Crippen molar-refractivity contribution in [3.8, 4) is 0 Å². The second-order valence-corrected chi connectivity index (χ2v) is 6.90. The average Bonchev–Trinajstić information content (AvgIpc) is 3.08. The van der Waals surface area contributed by atoms with E-state index in [1.54, 1.807) is 0 Å². The lowest BCUT2D eigenvalue weighted by Crippen LogP contribution is -2.60. The molecule has 1 N–H and O–H groups in total. The minimum atomic E-state index is -0.0789. The van der Waals surface area contributed by atoms with Crippen molar-refractivity contribution in [2.45, 2.75) is 49.8 Å². The lowest BCUT2D eigenvalue weighted by molar-refractivity contribution is -0.161. The molecular formula is C15H24N2O3. The first-order valence-corrected chi connectivity index (χ1v) is 8.01. The Morgan fingerprint density at radius 3 is 2.65 bits per heavy atom. The summed E-state index contributed by atoms with van der Waals surface area (Å²) in [6.45, 7) is 3.57. The minimum absolute atomic E-state index is 0.0789. The fourth-order valence-corrected chi connectivity index (χ4v) is 4.47. The van der Waals surface area contributed by atoms with E-state index in [9.17, 15) is 4.79 Å². The summed E-state index contributed by atoms with van der Waals surface area (Å²) in [7, 11) is 0. The molecule has 0 radical (unpaired) electrons. The van der Waals surface area contributed by atoms with Gasteiger partial charge in [-0.15, -0.1) is 0 Å². The van der Waals surface area contributed by atoms with Crippen LogP contribution in [0.5, 0.6) is 0 Å². The van der Waals surface area contributed by atoms with Gasteiger partial charge < -0.3 is 19.7 Å². The third-order valence-corrected chi connectivity index (χ3v) is 5.41. The Hall–Kier alpha value is -0.650. The van der Waals surface area contributed by atoms with Crippen LogP contribution in [0.3, 0.4) is 0 Å². The molecule has 0 aliphatic carbocycles. The Kier molecular flexibility index (Phi) is 3.24. The molecule has 4 aliphatic rings. The summed E-state index contributed by atoms with van der Waals surface area (Å²) in [4.78, 5) is 14.6. The summed E-state index contributed by atoms with van der Waals surface area (Å²) in [6, 6.07) is 1.19. The molecule has 2 unspecified atom stereocenters. The molecule has 4 aliphatic heterocycles. The van der Waals surface area contributed by atoms with Crippen molar-refractivity contribution in [3.05, 3.63) is 0 Å². The van der Waals surface area contributed by atoms with E-state index in [-0.39, 0.29) is 17.4 Å². The van der Waals surface area contributed by atoms with Gasteiger partial charge in [0.2, 0.25) is 5.91 Å². The van der Waals surface area contributed by atoms with Crippen molar-refractivity contribution >= 4 is 5.91 Å². The van der Waals surface area contributed by atoms with E-state index in [0.717, 1.165) is 39.0 Å². The molecule has 20 heavy (non-hydrogen) atoms. The van der Waals surface area contributed by atoms with Crippen LogP contribution in [-0.2, 0) is 14.3 Å². The summed E-state index contributed by atoms with van der Waals surface area (Å²) in [5.74, 6) is 0.375. The molecule has 5 nitrogen and oxygen atoms in total. The van der Waals surface area contributed by atoms with Crippen molar-refractivity contribution < 1.29 is 14.3 Å². The van der Waals surface area contributed by atoms with Gasteiger partial charge in [-0.2, -0.15) is 0 Å². The zero-order chi connectivity index (χ0) is 13.6. The summed E-state index contributed by atoms with van der Waals surface area (Å²) in [5.41, 5.74) is -0.0789. The topological polar surface area (TPSA) is 50.8 Å². The fraction of sp³-hybridized carbons (Fsp3) is 0.933. The van der Waals surface area contributed by atoms with Crippen LogP contribution in [-0.4, -0.2) is 61.4 Å². The van der Waals surface area contributed by atoms with E-state index in [0.29, 0.717) is 25.3 Å². The fourth-order valence-electron chi connectivity index (χ4n) is 4.47. The Bertz CT molecular complexity index is 383. The first-order chi connectivity index (χ1) is 9.74. The van der Waals surface area contributed by atoms with Gasteiger partial charge in [-0.25, -0.2) is 0 Å². The van der Waals surface area contributed by atoms with Crippen molar-refractivity contribution in [3.63, 3.8) is 0 Å². The summed E-state index contributed by atoms with van der Waals surface area (Å²) >= 11 is 0. The molecule has 4 atom stereocenters. The molecule has 5 heteroatoms. The van der Waals surface area contributed by atoms with Gasteiger partial charge in [-0.1, -0.05) is 0 Å². The van der Waals surface area contributed by atoms with Gasteiger partial charge in [-0.3, -0.25) is 4.79 Å². The van der Waals surface area contributed by atoms with E-state index < -0.39 is 0 Å². The first kappa shape index (κ1) is 13.0. The lowest BCUT2D eigenvalue weighted by atomic mass is 9.85. The van der Waals surface area contributed by atoms with Crippen molar-refractivity contribution in [2.24, 2.45) is 5.92 Å². The smallest absolute Gasteiger partial charge is 0.228 e. The van der Waals surface area contributed by atoms with E-state index in [4.69, 9.17) is 9.47 Å². The molecule has 2 bridgehead atoms. The maximum Gasteiger partial charge on any atom is 0.228 e. The highest BCUT2D eigenvalue weighted by molar-refractivity contribution is 5.79. The molecule has 1 spiro atoms. The number of morpholine rings is 1. The van der Waals surface area contributed by atoms with E-state index in [1.807, 2.05) is 4.90 Å². The molecule has 0 aromatic carbocycles. The highest BCUT2D eigenvalue weighted by Gasteiger charge is 2.48. The predicted octanol–water partition coefficient (Wildman–Crippen LogP) is 0.535. The minimum Gasteiger partial charge on any atom is -0.381 e. The lowest BCUT2D eigenvalue weighted by Gasteiger charge is -2.47. The summed E-state index contributed by atoms with van der Waals surface area (Å²) in [6.07, 6.45) is 5.54. The molecule has 4 saturated heterocycles. The number of carbonyl (C=O) groups excluding carboxylic acids is 1. The molecule has 4 rings (SSSR count). The second-order valence-electron chi connectivity index (χ2n) is 6.90. The third-order valence-electron chi connectivity index (χ3n) is 5.41. The van der Waals surface area contributed by atoms with Gasteiger partial charge in [0.1, 0.15) is 0 Å². The number of nitrogens with one attached hydrogen (secondary N) is 1. The maximum atomic E-state index is 12.6. The Morgan fingerprint density at radius 2 is 1.95 bits per heavy atom. The second kappa shape index (κ2) is 4.97. The van der Waals surface area contributed by atoms with Gasteiger partial charge >= 0.3 is 0 Å². The zero-order valence-electron chi connectivity index (χ0n) is 12.0. The number of carbonyl (C=O) groups is 1. The highest BCUT2D eigenvalue weighted by atomic mass is 16.5. The van der Waals surface area contributed by atoms with Crippen LogP contribution in [0.15, 0.2) is 0 Å². The van der Waals surface area contributed by atoms with Crippen molar-refractivity contribution in [1.82, 2.24) is 10.2 Å². The average molecular weight is 280 g/mol. The van der Waals surface area contributed by atoms with Gasteiger partial charge in [0.15, 0.2) is 0 Å². The molecule has 112 valence electrons. The van der Waals surface area contributed by atoms with Crippen LogP contribution in [0.2, 0.25) is 0 Å². The van der Waals surface area contributed by atoms with Crippen LogP contribution in [0.25, 0.3) is 0 Å². The standard InChI is InChI=1S/C15H24N2O3/c18-14(11-3-5-19-9-11)17-4-6-20-15(10-17)7-12-1-2-13(8-15)16-12/h11-13,16H,1-10H2/t11?,12-,13+,15?. The molecule has 4 fully saturated rings. The van der Waals surface area contributed by atoms with E-state index in [2.05, 4.69) is 5.32 Å². The van der Waals surface area contributed by atoms with E-state index in [1.165, 1.54) is 12.8 Å². The van der Waals surface area contributed by atoms with Crippen molar-refractivity contribution in [2.75, 3.05) is 32.9 Å². The first-order valence-electron chi connectivity index (χ1n) is 8.01. The van der Waals surface area contributed by atoms with Crippen molar-refractivity contribution in [1.29, 1.82) is 0 Å². The number of rotatable bonds is 1. The molecular weight excluding hydrogens is 256 g/mol. The molecule has 1 amide bonds. The van der Waals surface area contributed by atoms with Gasteiger partial charge in [-0.05, 0) is 32.1 Å². The van der Waals surface area contributed by atoms with Crippen LogP contribution in [0.1, 0.15) is 32.1 Å². The van der Waals surface area contributed by atoms with Crippen LogP contribution in [0.4, 0.5) is 0 Å². The number of hydrogen-bond acceptors (Lipinski definition) is 4. The quantitative estimate of drug-likeness (QED) is 0.761.